The van der Waals surface area contributed by atoms with Crippen LogP contribution in [-0.4, -0.2) is 42.3 Å². The second-order valence-corrected chi connectivity index (χ2v) is 6.44. The molecule has 13 heteroatoms. The third-order valence-corrected chi connectivity index (χ3v) is 4.26. The second-order valence-electron chi connectivity index (χ2n) is 6.44. The predicted octanol–water partition coefficient (Wildman–Crippen LogP) is 5.48. The smallest absolute Gasteiger partial charge is 0.374 e. The zero-order chi connectivity index (χ0) is 22.3. The molecule has 1 aliphatic rings. The topological polar surface area (TPSA) is 31.4 Å². The fourth-order valence-corrected chi connectivity index (χ4v) is 2.90. The van der Waals surface area contributed by atoms with Crippen LogP contribution in [0.5, 0.6) is 0 Å². The van der Waals surface area contributed by atoms with E-state index >= 15 is 0 Å². The van der Waals surface area contributed by atoms with Gasteiger partial charge in [-0.25, -0.2) is 9.37 Å². The van der Waals surface area contributed by atoms with Crippen LogP contribution in [0.3, 0.4) is 0 Å². The van der Waals surface area contributed by atoms with Crippen LogP contribution in [0.1, 0.15) is 35.9 Å². The van der Waals surface area contributed by atoms with Crippen molar-refractivity contribution in [3.8, 4) is 0 Å². The van der Waals surface area contributed by atoms with E-state index in [1.165, 1.54) is 0 Å². The summed E-state index contributed by atoms with van der Waals surface area (Å²) in [6, 6.07) is 1.46. The van der Waals surface area contributed by atoms with Gasteiger partial charge in [-0.05, 0) is 31.0 Å². The van der Waals surface area contributed by atoms with Crippen molar-refractivity contribution in [1.29, 1.82) is 0 Å². The molecular formula is C16H15F10NO2. The summed E-state index contributed by atoms with van der Waals surface area (Å²) in [5.74, 6) is 0. The number of aromatic nitrogens is 1. The molecule has 0 radical (unpaired) electrons. The quantitative estimate of drug-likeness (QED) is 0.568. The molecule has 1 aliphatic heterocycles. The monoisotopic (exact) mass is 443 g/mol. The zero-order valence-corrected chi connectivity index (χ0v) is 14.7. The largest absolute Gasteiger partial charge is 0.434 e. The highest BCUT2D eigenvalue weighted by molar-refractivity contribution is 5.25. The number of alkyl halides is 10. The van der Waals surface area contributed by atoms with Crippen LogP contribution in [0.4, 0.5) is 43.9 Å². The Balaban J connectivity index is 2.49. The molecule has 0 N–H and O–H groups in total. The number of nitrogens with zero attached hydrogens (tertiary/aromatic N) is 1. The third kappa shape index (κ3) is 4.93. The molecule has 2 atom stereocenters. The molecule has 0 bridgehead atoms. The summed E-state index contributed by atoms with van der Waals surface area (Å²) in [5, 5.41) is 0. The summed E-state index contributed by atoms with van der Waals surface area (Å²) in [4.78, 5) is 3.24. The van der Waals surface area contributed by atoms with Crippen LogP contribution in [-0.2, 0) is 15.7 Å². The first-order valence-corrected chi connectivity index (χ1v) is 8.18. The first-order valence-electron chi connectivity index (χ1n) is 8.18. The van der Waals surface area contributed by atoms with Crippen molar-refractivity contribution < 1.29 is 53.4 Å². The average molecular weight is 443 g/mol. The number of hydrogen-bond acceptors (Lipinski definition) is 3. The Labute approximate surface area is 158 Å². The Kier molecular flexibility index (Phi) is 6.44. The van der Waals surface area contributed by atoms with E-state index in [0.29, 0.717) is 6.07 Å². The maximum Gasteiger partial charge on any atom is 0.434 e. The average Bonchev–Trinajstić information content (AvgIpc) is 2.50. The van der Waals surface area contributed by atoms with Crippen molar-refractivity contribution >= 4 is 0 Å². The van der Waals surface area contributed by atoms with Gasteiger partial charge in [0.1, 0.15) is 11.8 Å². The van der Waals surface area contributed by atoms with Crippen molar-refractivity contribution in [3.63, 3.8) is 0 Å². The fraction of sp³-hybridized carbons (Fsp3) is 0.688. The van der Waals surface area contributed by atoms with E-state index in [-0.39, 0.29) is 24.3 Å². The highest BCUT2D eigenvalue weighted by Gasteiger charge is 2.76. The van der Waals surface area contributed by atoms with Gasteiger partial charge in [-0.3, -0.25) is 0 Å². The lowest BCUT2D eigenvalue weighted by atomic mass is 9.89. The minimum absolute atomic E-state index is 0.186. The van der Waals surface area contributed by atoms with E-state index in [4.69, 9.17) is 4.74 Å². The predicted molar refractivity (Wildman–Crippen MR) is 77.6 cm³/mol. The maximum atomic E-state index is 14.4. The third-order valence-electron chi connectivity index (χ3n) is 4.26. The van der Waals surface area contributed by atoms with Gasteiger partial charge in [0.25, 0.3) is 0 Å². The Bertz CT molecular complexity index is 699. The van der Waals surface area contributed by atoms with Crippen molar-refractivity contribution in [2.45, 2.75) is 56.2 Å². The van der Waals surface area contributed by atoms with Crippen molar-refractivity contribution in [2.75, 3.05) is 13.2 Å². The number of rotatable bonds is 2. The molecule has 0 spiro atoms. The molecule has 2 unspecified atom stereocenters. The first kappa shape index (κ1) is 23.6. The van der Waals surface area contributed by atoms with Gasteiger partial charge in [-0.1, -0.05) is 0 Å². The van der Waals surface area contributed by atoms with Crippen molar-refractivity contribution in [1.82, 2.24) is 4.98 Å². The van der Waals surface area contributed by atoms with Crippen LogP contribution >= 0.6 is 0 Å². The molecule has 0 aliphatic carbocycles. The summed E-state index contributed by atoms with van der Waals surface area (Å²) in [7, 11) is 0. The van der Waals surface area contributed by atoms with Crippen LogP contribution < -0.4 is 0 Å². The van der Waals surface area contributed by atoms with Crippen molar-refractivity contribution in [3.05, 3.63) is 29.1 Å². The van der Waals surface area contributed by atoms with Crippen LogP contribution in [0, 0.1) is 6.92 Å². The normalized spacial score (nSPS) is 22.9. The number of ether oxygens (including phenoxy) is 2. The lowest BCUT2D eigenvalue weighted by molar-refractivity contribution is -0.371. The Morgan fingerprint density at radius 3 is 1.93 bits per heavy atom. The lowest BCUT2D eigenvalue weighted by Gasteiger charge is -2.38. The summed E-state index contributed by atoms with van der Waals surface area (Å²) < 4.78 is 141. The highest BCUT2D eigenvalue weighted by atomic mass is 19.4. The van der Waals surface area contributed by atoms with E-state index in [1.54, 1.807) is 0 Å². The van der Waals surface area contributed by atoms with Gasteiger partial charge in [-0.2, -0.15) is 39.5 Å². The molecule has 29 heavy (non-hydrogen) atoms. The minimum atomic E-state index is -6.37. The van der Waals surface area contributed by atoms with Gasteiger partial charge >= 0.3 is 24.2 Å². The number of aryl methyl sites for hydroxylation is 1. The Morgan fingerprint density at radius 2 is 1.41 bits per heavy atom. The molecule has 3 nitrogen and oxygen atoms in total. The van der Waals surface area contributed by atoms with Gasteiger partial charge in [0, 0.05) is 25.3 Å². The number of pyridine rings is 1. The highest BCUT2D eigenvalue weighted by Crippen LogP contribution is 2.51. The SMILES string of the molecule is Cc1cc(C2CC(C(F)(C(F)(F)F)C(F)(F)F)OCCCO2)cc(C(F)(F)F)n1. The van der Waals surface area contributed by atoms with Gasteiger partial charge in [0.05, 0.1) is 6.10 Å². The first-order chi connectivity index (χ1) is 13.1. The maximum absolute atomic E-state index is 14.4. The van der Waals surface area contributed by atoms with Crippen LogP contribution in [0.15, 0.2) is 12.1 Å². The lowest BCUT2D eigenvalue weighted by Crippen LogP contribution is -2.62. The van der Waals surface area contributed by atoms with E-state index in [0.717, 1.165) is 13.0 Å². The molecule has 0 amide bonds. The van der Waals surface area contributed by atoms with E-state index in [9.17, 15) is 43.9 Å². The Hall–Kier alpha value is -1.63. The molecule has 0 aromatic carbocycles. The number of halogens is 10. The van der Waals surface area contributed by atoms with Gasteiger partial charge < -0.3 is 9.47 Å². The summed E-state index contributed by atoms with van der Waals surface area (Å²) in [5.41, 5.74) is -7.72. The second kappa shape index (κ2) is 7.89. The van der Waals surface area contributed by atoms with Crippen LogP contribution in [0.25, 0.3) is 0 Å². The molecule has 1 saturated heterocycles. The summed E-state index contributed by atoms with van der Waals surface area (Å²) >= 11 is 0. The molecular weight excluding hydrogens is 428 g/mol. The number of hydrogen-bond donors (Lipinski definition) is 0. The van der Waals surface area contributed by atoms with E-state index in [2.05, 4.69) is 9.72 Å². The molecule has 1 fully saturated rings. The van der Waals surface area contributed by atoms with E-state index < -0.39 is 55.1 Å². The van der Waals surface area contributed by atoms with Crippen molar-refractivity contribution in [2.24, 2.45) is 0 Å². The standard InChI is InChI=1S/C16H15F10NO2/c1-8-5-9(6-11(27-8)14(18,19)20)10-7-12(29-4-2-3-28-10)13(17,15(21,22)23)16(24,25)26/h5-6,10,12H,2-4,7H2,1H3. The molecule has 2 heterocycles. The fourth-order valence-electron chi connectivity index (χ4n) is 2.90. The summed E-state index contributed by atoms with van der Waals surface area (Å²) in [6.45, 7) is 0.274. The molecule has 1 aromatic heterocycles. The van der Waals surface area contributed by atoms with Gasteiger partial charge in [-0.15, -0.1) is 0 Å². The Morgan fingerprint density at radius 1 is 0.862 bits per heavy atom. The molecule has 166 valence electrons. The molecule has 1 aromatic rings. The molecule has 2 rings (SSSR count). The zero-order valence-electron chi connectivity index (χ0n) is 14.7. The van der Waals surface area contributed by atoms with Crippen LogP contribution in [0.2, 0.25) is 0 Å². The van der Waals surface area contributed by atoms with E-state index in [1.807, 2.05) is 0 Å². The van der Waals surface area contributed by atoms with Gasteiger partial charge in [0.15, 0.2) is 0 Å². The van der Waals surface area contributed by atoms with Gasteiger partial charge in [0.2, 0.25) is 0 Å². The molecule has 0 saturated carbocycles. The summed E-state index contributed by atoms with van der Waals surface area (Å²) in [6.07, 6.45) is -23.9. The minimum Gasteiger partial charge on any atom is -0.374 e.